The quantitative estimate of drug-likeness (QED) is 0.496. The fourth-order valence-electron chi connectivity index (χ4n) is 1.85. The van der Waals surface area contributed by atoms with Crippen LogP contribution in [0.1, 0.15) is 45.4 Å². The van der Waals surface area contributed by atoms with E-state index in [0.29, 0.717) is 6.04 Å². The fourth-order valence-corrected chi connectivity index (χ4v) is 3.36. The maximum atomic E-state index is 6.14. The second-order valence-corrected chi connectivity index (χ2v) is 6.74. The molecule has 0 radical (unpaired) electrons. The molecular formula is C15H24BrNS. The van der Waals surface area contributed by atoms with Crippen molar-refractivity contribution in [3.05, 3.63) is 28.7 Å². The van der Waals surface area contributed by atoms with Crippen molar-refractivity contribution in [1.82, 2.24) is 0 Å². The van der Waals surface area contributed by atoms with Crippen LogP contribution in [-0.2, 0) is 0 Å². The highest BCUT2D eigenvalue weighted by Gasteiger charge is 2.04. The van der Waals surface area contributed by atoms with Crippen LogP contribution >= 0.6 is 27.7 Å². The van der Waals surface area contributed by atoms with E-state index < -0.39 is 0 Å². The van der Waals surface area contributed by atoms with Gasteiger partial charge in [-0.2, -0.15) is 0 Å². The summed E-state index contributed by atoms with van der Waals surface area (Å²) in [6.45, 7) is 2.25. The van der Waals surface area contributed by atoms with Gasteiger partial charge in [-0.25, -0.2) is 0 Å². The largest absolute Gasteiger partial charge is 0.327 e. The Morgan fingerprint density at radius 3 is 2.72 bits per heavy atom. The molecule has 1 unspecified atom stereocenters. The molecule has 1 rings (SSSR count). The molecule has 0 aliphatic carbocycles. The van der Waals surface area contributed by atoms with Gasteiger partial charge in [0.2, 0.25) is 0 Å². The zero-order valence-electron chi connectivity index (χ0n) is 11.2. The maximum Gasteiger partial charge on any atom is 0.0186 e. The first-order chi connectivity index (χ1) is 8.72. The second-order valence-electron chi connectivity index (χ2n) is 4.73. The Bertz CT molecular complexity index is 330. The van der Waals surface area contributed by atoms with Gasteiger partial charge in [0.25, 0.3) is 0 Å². The molecule has 18 heavy (non-hydrogen) atoms. The number of rotatable bonds is 9. The molecule has 1 atom stereocenters. The molecule has 0 bridgehead atoms. The maximum absolute atomic E-state index is 6.14. The minimum Gasteiger partial charge on any atom is -0.327 e. The lowest BCUT2D eigenvalue weighted by atomic mass is 10.1. The molecule has 0 fully saturated rings. The number of benzene rings is 1. The average Bonchev–Trinajstić information content (AvgIpc) is 2.36. The number of unbranched alkanes of at least 4 members (excludes halogenated alkanes) is 4. The zero-order valence-corrected chi connectivity index (χ0v) is 13.6. The minimum atomic E-state index is 0.329. The third-order valence-electron chi connectivity index (χ3n) is 2.94. The van der Waals surface area contributed by atoms with Crippen LogP contribution in [0, 0.1) is 0 Å². The monoisotopic (exact) mass is 329 g/mol. The molecule has 1 aromatic rings. The van der Waals surface area contributed by atoms with Crippen molar-refractivity contribution in [2.75, 3.05) is 5.75 Å². The van der Waals surface area contributed by atoms with E-state index in [4.69, 9.17) is 5.73 Å². The van der Waals surface area contributed by atoms with E-state index in [1.807, 2.05) is 11.8 Å². The van der Waals surface area contributed by atoms with Crippen LogP contribution in [-0.4, -0.2) is 11.8 Å². The zero-order chi connectivity index (χ0) is 13.2. The molecule has 1 nitrogen and oxygen atoms in total. The van der Waals surface area contributed by atoms with Gasteiger partial charge in [-0.3, -0.25) is 0 Å². The molecule has 0 spiro atoms. The summed E-state index contributed by atoms with van der Waals surface area (Å²) in [5, 5.41) is 0. The minimum absolute atomic E-state index is 0.329. The predicted molar refractivity (Wildman–Crippen MR) is 86.2 cm³/mol. The number of hydrogen-bond acceptors (Lipinski definition) is 2. The van der Waals surface area contributed by atoms with Gasteiger partial charge in [0.1, 0.15) is 0 Å². The van der Waals surface area contributed by atoms with Crippen LogP contribution < -0.4 is 5.73 Å². The Hall–Kier alpha value is 0.01000. The lowest BCUT2D eigenvalue weighted by Gasteiger charge is -2.11. The lowest BCUT2D eigenvalue weighted by molar-refractivity contribution is 0.567. The van der Waals surface area contributed by atoms with Crippen molar-refractivity contribution < 1.29 is 0 Å². The number of halogens is 1. The van der Waals surface area contributed by atoms with Crippen molar-refractivity contribution in [2.24, 2.45) is 5.73 Å². The molecule has 0 aliphatic rings. The normalized spacial score (nSPS) is 12.6. The van der Waals surface area contributed by atoms with Gasteiger partial charge in [-0.05, 0) is 24.6 Å². The van der Waals surface area contributed by atoms with Crippen LogP contribution in [0.3, 0.4) is 0 Å². The molecule has 2 N–H and O–H groups in total. The Balaban J connectivity index is 2.11. The van der Waals surface area contributed by atoms with E-state index >= 15 is 0 Å². The summed E-state index contributed by atoms with van der Waals surface area (Å²) in [6.07, 6.45) is 7.81. The highest BCUT2D eigenvalue weighted by atomic mass is 79.9. The molecule has 102 valence electrons. The van der Waals surface area contributed by atoms with Crippen LogP contribution in [0.2, 0.25) is 0 Å². The summed E-state index contributed by atoms with van der Waals surface area (Å²) in [4.78, 5) is 1.30. The Morgan fingerprint density at radius 2 is 2.00 bits per heavy atom. The molecule has 3 heteroatoms. The number of hydrogen-bond donors (Lipinski definition) is 1. The molecule has 0 aliphatic heterocycles. The summed E-state index contributed by atoms with van der Waals surface area (Å²) in [5.41, 5.74) is 6.14. The second kappa shape index (κ2) is 9.88. The van der Waals surface area contributed by atoms with E-state index in [9.17, 15) is 0 Å². The number of thioether (sulfide) groups is 1. The van der Waals surface area contributed by atoms with Gasteiger partial charge >= 0.3 is 0 Å². The van der Waals surface area contributed by atoms with E-state index in [1.165, 1.54) is 37.0 Å². The van der Waals surface area contributed by atoms with Gasteiger partial charge in [0.05, 0.1) is 0 Å². The van der Waals surface area contributed by atoms with E-state index in [-0.39, 0.29) is 0 Å². The van der Waals surface area contributed by atoms with Gasteiger partial charge in [0.15, 0.2) is 0 Å². The van der Waals surface area contributed by atoms with Crippen LogP contribution in [0.4, 0.5) is 0 Å². The molecule has 0 aromatic heterocycles. The Labute approximate surface area is 124 Å². The van der Waals surface area contributed by atoms with Gasteiger partial charge in [-0.1, -0.05) is 61.0 Å². The molecular weight excluding hydrogens is 306 g/mol. The first-order valence-corrected chi connectivity index (χ1v) is 8.64. The summed E-state index contributed by atoms with van der Waals surface area (Å²) in [7, 11) is 0. The van der Waals surface area contributed by atoms with E-state index in [0.717, 1.165) is 16.6 Å². The summed E-state index contributed by atoms with van der Waals surface area (Å²) in [6, 6.07) is 8.75. The first kappa shape index (κ1) is 16.1. The van der Waals surface area contributed by atoms with Crippen LogP contribution in [0.15, 0.2) is 33.6 Å². The molecule has 1 aromatic carbocycles. The third kappa shape index (κ3) is 7.45. The average molecular weight is 330 g/mol. The van der Waals surface area contributed by atoms with Gasteiger partial charge < -0.3 is 5.73 Å². The third-order valence-corrected chi connectivity index (χ3v) is 4.61. The van der Waals surface area contributed by atoms with Crippen LogP contribution in [0.25, 0.3) is 0 Å². The molecule has 0 saturated carbocycles. The van der Waals surface area contributed by atoms with E-state index in [2.05, 4.69) is 47.1 Å². The lowest BCUT2D eigenvalue weighted by Crippen LogP contribution is -2.22. The van der Waals surface area contributed by atoms with Gasteiger partial charge in [0, 0.05) is 21.2 Å². The van der Waals surface area contributed by atoms with Crippen molar-refractivity contribution >= 4 is 27.7 Å². The fraction of sp³-hybridized carbons (Fsp3) is 0.600. The molecule has 0 saturated heterocycles. The smallest absolute Gasteiger partial charge is 0.0186 e. The van der Waals surface area contributed by atoms with Crippen molar-refractivity contribution in [3.63, 3.8) is 0 Å². The summed E-state index contributed by atoms with van der Waals surface area (Å²) >= 11 is 5.35. The van der Waals surface area contributed by atoms with Crippen molar-refractivity contribution in [2.45, 2.75) is 56.4 Å². The van der Waals surface area contributed by atoms with Crippen molar-refractivity contribution in [3.8, 4) is 0 Å². The predicted octanol–water partition coefficient (Wildman–Crippen LogP) is 5.23. The number of nitrogens with two attached hydrogens (primary N) is 1. The standard InChI is InChI=1S/C15H24BrNS/c1-2-3-4-5-6-9-14(17)12-18-15-10-7-8-13(16)11-15/h7-8,10-11,14H,2-6,9,12,17H2,1H3. The Morgan fingerprint density at radius 1 is 1.22 bits per heavy atom. The van der Waals surface area contributed by atoms with E-state index in [1.54, 1.807) is 0 Å². The van der Waals surface area contributed by atoms with Crippen molar-refractivity contribution in [1.29, 1.82) is 0 Å². The van der Waals surface area contributed by atoms with Gasteiger partial charge in [-0.15, -0.1) is 11.8 Å². The first-order valence-electron chi connectivity index (χ1n) is 6.86. The molecule has 0 amide bonds. The highest BCUT2D eigenvalue weighted by molar-refractivity contribution is 9.10. The Kier molecular flexibility index (Phi) is 8.82. The summed E-state index contributed by atoms with van der Waals surface area (Å²) < 4.78 is 1.14. The SMILES string of the molecule is CCCCCCCC(N)CSc1cccc(Br)c1. The van der Waals surface area contributed by atoms with Crippen LogP contribution in [0.5, 0.6) is 0 Å². The highest BCUT2D eigenvalue weighted by Crippen LogP contribution is 2.23. The molecule has 0 heterocycles. The summed E-state index contributed by atoms with van der Waals surface area (Å²) in [5.74, 6) is 1.02. The topological polar surface area (TPSA) is 26.0 Å².